The molecule has 0 bridgehead atoms. The molecule has 0 atom stereocenters. The summed E-state index contributed by atoms with van der Waals surface area (Å²) in [6.07, 6.45) is 1.96. The van der Waals surface area contributed by atoms with Crippen LogP contribution in [0.25, 0.3) is 0 Å². The molecule has 2 rings (SSSR count). The summed E-state index contributed by atoms with van der Waals surface area (Å²) in [4.78, 5) is 11.4. The summed E-state index contributed by atoms with van der Waals surface area (Å²) >= 11 is 5.68. The van der Waals surface area contributed by atoms with E-state index in [-0.39, 0.29) is 0 Å². The fourth-order valence-electron chi connectivity index (χ4n) is 0.951. The van der Waals surface area contributed by atoms with Crippen molar-refractivity contribution < 1.29 is 9.53 Å². The van der Waals surface area contributed by atoms with Crippen molar-refractivity contribution in [2.24, 2.45) is 0 Å². The lowest BCUT2D eigenvalue weighted by Crippen LogP contribution is -2.14. The normalized spacial score (nSPS) is 9.93. The van der Waals surface area contributed by atoms with Gasteiger partial charge in [-0.25, -0.2) is 9.36 Å². The molecule has 0 radical (unpaired) electrons. The highest BCUT2D eigenvalue weighted by Crippen LogP contribution is 2.15. The Morgan fingerprint density at radius 3 is 2.40 bits per heavy atom. The highest BCUT2D eigenvalue weighted by Gasteiger charge is 2.06. The molecule has 76 valence electrons. The maximum absolute atomic E-state index is 11.4. The van der Waals surface area contributed by atoms with Crippen molar-refractivity contribution in [2.75, 3.05) is 0 Å². The highest BCUT2D eigenvalue weighted by molar-refractivity contribution is 6.30. The molecule has 6 heteroatoms. The third-order valence-corrected chi connectivity index (χ3v) is 1.90. The summed E-state index contributed by atoms with van der Waals surface area (Å²) in [5, 5.41) is 7.56. The molecule has 0 unspecified atom stereocenters. The molecule has 1 aromatic carbocycles. The van der Waals surface area contributed by atoms with Crippen LogP contribution in [0.4, 0.5) is 4.79 Å². The van der Waals surface area contributed by atoms with Gasteiger partial charge in [0, 0.05) is 5.02 Å². The van der Waals surface area contributed by atoms with E-state index in [0.29, 0.717) is 10.8 Å². The first-order chi connectivity index (χ1) is 7.25. The minimum atomic E-state index is -0.567. The monoisotopic (exact) mass is 223 g/mol. The topological polar surface area (TPSA) is 57.0 Å². The molecule has 5 nitrogen and oxygen atoms in total. The smallest absolute Gasteiger partial charge is 0.410 e. The molecular formula is C9H6ClN3O2. The zero-order valence-electron chi connectivity index (χ0n) is 7.50. The van der Waals surface area contributed by atoms with Crippen molar-refractivity contribution in [3.05, 3.63) is 41.9 Å². The number of nitrogens with zero attached hydrogens (tertiary/aromatic N) is 3. The van der Waals surface area contributed by atoms with Crippen LogP contribution >= 0.6 is 11.6 Å². The van der Waals surface area contributed by atoms with Crippen LogP contribution in [0.2, 0.25) is 5.02 Å². The van der Waals surface area contributed by atoms with Crippen LogP contribution in [-0.2, 0) is 0 Å². The molecule has 0 aliphatic carbocycles. The molecular weight excluding hydrogens is 218 g/mol. The third kappa shape index (κ3) is 2.32. The van der Waals surface area contributed by atoms with Crippen LogP contribution in [-0.4, -0.2) is 20.9 Å². The molecule has 0 fully saturated rings. The first kappa shape index (κ1) is 9.67. The van der Waals surface area contributed by atoms with E-state index in [1.165, 1.54) is 12.7 Å². The van der Waals surface area contributed by atoms with Gasteiger partial charge in [-0.15, -0.1) is 10.2 Å². The van der Waals surface area contributed by atoms with E-state index < -0.39 is 6.09 Å². The number of hydrogen-bond acceptors (Lipinski definition) is 4. The molecule has 0 aliphatic rings. The van der Waals surface area contributed by atoms with E-state index in [0.717, 1.165) is 4.57 Å². The van der Waals surface area contributed by atoms with E-state index in [2.05, 4.69) is 10.2 Å². The molecule has 0 aliphatic heterocycles. The van der Waals surface area contributed by atoms with Gasteiger partial charge in [0.2, 0.25) is 0 Å². The van der Waals surface area contributed by atoms with Crippen LogP contribution in [0.1, 0.15) is 0 Å². The molecule has 15 heavy (non-hydrogen) atoms. The molecule has 0 amide bonds. The molecule has 1 aromatic heterocycles. The Morgan fingerprint density at radius 1 is 1.20 bits per heavy atom. The highest BCUT2D eigenvalue weighted by atomic mass is 35.5. The van der Waals surface area contributed by atoms with Gasteiger partial charge in [0.05, 0.1) is 0 Å². The van der Waals surface area contributed by atoms with Crippen molar-refractivity contribution in [3.8, 4) is 5.75 Å². The standard InChI is InChI=1S/C9H6ClN3O2/c10-7-1-3-8(4-2-7)15-9(14)13-5-11-12-6-13/h1-6H. The van der Waals surface area contributed by atoms with Gasteiger partial charge in [0.1, 0.15) is 18.4 Å². The maximum Gasteiger partial charge on any atom is 0.426 e. The average molecular weight is 224 g/mol. The number of hydrogen-bond donors (Lipinski definition) is 0. The van der Waals surface area contributed by atoms with Crippen LogP contribution in [0, 0.1) is 0 Å². The molecule has 0 saturated carbocycles. The Hall–Kier alpha value is -1.88. The maximum atomic E-state index is 11.4. The zero-order chi connectivity index (χ0) is 10.7. The van der Waals surface area contributed by atoms with Gasteiger partial charge in [-0.1, -0.05) is 11.6 Å². The Bertz CT molecular complexity index is 453. The van der Waals surface area contributed by atoms with Gasteiger partial charge in [0.15, 0.2) is 0 Å². The quantitative estimate of drug-likeness (QED) is 0.742. The largest absolute Gasteiger partial charge is 0.426 e. The number of carbonyl (C=O) groups is 1. The second-order valence-corrected chi connectivity index (χ2v) is 3.13. The molecule has 0 spiro atoms. The Morgan fingerprint density at radius 2 is 1.80 bits per heavy atom. The lowest BCUT2D eigenvalue weighted by molar-refractivity contribution is 0.202. The van der Waals surface area contributed by atoms with Gasteiger partial charge >= 0.3 is 6.09 Å². The minimum Gasteiger partial charge on any atom is -0.410 e. The first-order valence-corrected chi connectivity index (χ1v) is 4.46. The SMILES string of the molecule is O=C(Oc1ccc(Cl)cc1)n1cnnc1. The molecule has 0 saturated heterocycles. The Kier molecular flexibility index (Phi) is 2.64. The zero-order valence-corrected chi connectivity index (χ0v) is 8.26. The van der Waals surface area contributed by atoms with E-state index in [4.69, 9.17) is 16.3 Å². The van der Waals surface area contributed by atoms with Crippen LogP contribution in [0.5, 0.6) is 5.75 Å². The van der Waals surface area contributed by atoms with Crippen LogP contribution in [0.3, 0.4) is 0 Å². The fraction of sp³-hybridized carbons (Fsp3) is 0. The van der Waals surface area contributed by atoms with Gasteiger partial charge in [-0.05, 0) is 24.3 Å². The number of carbonyl (C=O) groups excluding carboxylic acids is 1. The summed E-state index contributed by atoms with van der Waals surface area (Å²) in [6.45, 7) is 0. The second kappa shape index (κ2) is 4.10. The Balaban J connectivity index is 2.09. The van der Waals surface area contributed by atoms with Gasteiger partial charge in [0.25, 0.3) is 0 Å². The summed E-state index contributed by atoms with van der Waals surface area (Å²) in [5.41, 5.74) is 0. The number of halogens is 1. The van der Waals surface area contributed by atoms with Gasteiger partial charge < -0.3 is 4.74 Å². The lowest BCUT2D eigenvalue weighted by atomic mass is 10.3. The van der Waals surface area contributed by atoms with Gasteiger partial charge in [-0.3, -0.25) is 0 Å². The summed E-state index contributed by atoms with van der Waals surface area (Å²) in [6, 6.07) is 6.47. The fourth-order valence-corrected chi connectivity index (χ4v) is 1.08. The van der Waals surface area contributed by atoms with Crippen molar-refractivity contribution in [2.45, 2.75) is 0 Å². The van der Waals surface area contributed by atoms with Crippen molar-refractivity contribution in [1.29, 1.82) is 0 Å². The summed E-state index contributed by atoms with van der Waals surface area (Å²) in [7, 11) is 0. The number of rotatable bonds is 1. The van der Waals surface area contributed by atoms with E-state index in [1.807, 2.05) is 0 Å². The predicted octanol–water partition coefficient (Wildman–Crippen LogP) is 1.98. The Labute approximate surface area is 90.3 Å². The number of aromatic nitrogens is 3. The van der Waals surface area contributed by atoms with E-state index in [9.17, 15) is 4.79 Å². The first-order valence-electron chi connectivity index (χ1n) is 4.08. The van der Waals surface area contributed by atoms with Crippen LogP contribution in [0.15, 0.2) is 36.9 Å². The predicted molar refractivity (Wildman–Crippen MR) is 52.9 cm³/mol. The lowest BCUT2D eigenvalue weighted by Gasteiger charge is -2.02. The average Bonchev–Trinajstić information content (AvgIpc) is 2.74. The number of benzene rings is 1. The van der Waals surface area contributed by atoms with E-state index >= 15 is 0 Å². The summed E-state index contributed by atoms with van der Waals surface area (Å²) in [5.74, 6) is 0.415. The molecule has 1 heterocycles. The third-order valence-electron chi connectivity index (χ3n) is 1.65. The van der Waals surface area contributed by atoms with Crippen molar-refractivity contribution >= 4 is 17.7 Å². The van der Waals surface area contributed by atoms with E-state index in [1.54, 1.807) is 24.3 Å². The minimum absolute atomic E-state index is 0.415. The van der Waals surface area contributed by atoms with Crippen LogP contribution < -0.4 is 4.74 Å². The number of ether oxygens (including phenoxy) is 1. The second-order valence-electron chi connectivity index (χ2n) is 2.69. The molecule has 2 aromatic rings. The van der Waals surface area contributed by atoms with Crippen molar-refractivity contribution in [1.82, 2.24) is 14.8 Å². The van der Waals surface area contributed by atoms with Gasteiger partial charge in [-0.2, -0.15) is 0 Å². The molecule has 0 N–H and O–H groups in total. The van der Waals surface area contributed by atoms with Crippen molar-refractivity contribution in [3.63, 3.8) is 0 Å². The summed E-state index contributed by atoms with van der Waals surface area (Å²) < 4.78 is 6.13.